The Morgan fingerprint density at radius 2 is 1.87 bits per heavy atom. The molecule has 0 fully saturated rings. The van der Waals surface area contributed by atoms with Crippen LogP contribution in [0.25, 0.3) is 16.8 Å². The van der Waals surface area contributed by atoms with Gasteiger partial charge in [0, 0.05) is 22.5 Å². The third-order valence-electron chi connectivity index (χ3n) is 4.58. The molecule has 1 aromatic heterocycles. The minimum absolute atomic E-state index is 0.0224. The first-order chi connectivity index (χ1) is 14.6. The molecule has 1 heterocycles. The van der Waals surface area contributed by atoms with Crippen LogP contribution in [0.3, 0.4) is 0 Å². The van der Waals surface area contributed by atoms with Crippen LogP contribution in [0.15, 0.2) is 78.5 Å². The molecule has 1 amide bonds. The van der Waals surface area contributed by atoms with E-state index in [1.807, 2.05) is 72.8 Å². The standard InChI is InChI=1S/C24H16ClN3OS/c25-22-11-4-2-7-18(22)13-20-15-27-24(30-20)28-23(29)19(14-26)12-17-9-5-8-16-6-1-3-10-21(16)17/h1-12,15H,13H2,(H,27,28,29). The fraction of sp³-hybridized carbons (Fsp3) is 0.0417. The Morgan fingerprint density at radius 1 is 1.10 bits per heavy atom. The van der Waals surface area contributed by atoms with Gasteiger partial charge in [0.25, 0.3) is 5.91 Å². The average Bonchev–Trinajstić information content (AvgIpc) is 3.20. The number of nitrogens with zero attached hydrogens (tertiary/aromatic N) is 2. The molecule has 0 spiro atoms. The SMILES string of the molecule is N#CC(=Cc1cccc2ccccc12)C(=O)Nc1ncc(Cc2ccccc2Cl)s1. The minimum Gasteiger partial charge on any atom is -0.297 e. The van der Waals surface area contributed by atoms with Gasteiger partial charge in [-0.1, -0.05) is 72.3 Å². The Morgan fingerprint density at radius 3 is 2.70 bits per heavy atom. The number of benzene rings is 3. The highest BCUT2D eigenvalue weighted by Gasteiger charge is 2.13. The Labute approximate surface area is 183 Å². The first-order valence-electron chi connectivity index (χ1n) is 9.23. The van der Waals surface area contributed by atoms with Crippen LogP contribution in [0.1, 0.15) is 16.0 Å². The van der Waals surface area contributed by atoms with Crippen molar-refractivity contribution in [3.8, 4) is 6.07 Å². The quantitative estimate of drug-likeness (QED) is 0.308. The molecule has 0 saturated heterocycles. The van der Waals surface area contributed by atoms with E-state index in [2.05, 4.69) is 10.3 Å². The fourth-order valence-corrected chi connectivity index (χ4v) is 4.15. The second kappa shape index (κ2) is 8.91. The van der Waals surface area contributed by atoms with Crippen LogP contribution in [-0.2, 0) is 11.2 Å². The highest BCUT2D eigenvalue weighted by atomic mass is 35.5. The molecule has 6 heteroatoms. The van der Waals surface area contributed by atoms with Crippen LogP contribution < -0.4 is 5.32 Å². The maximum Gasteiger partial charge on any atom is 0.268 e. The molecule has 0 aliphatic rings. The largest absolute Gasteiger partial charge is 0.297 e. The van der Waals surface area contributed by atoms with Crippen LogP contribution in [0.2, 0.25) is 5.02 Å². The first kappa shape index (κ1) is 19.8. The molecule has 0 bridgehead atoms. The van der Waals surface area contributed by atoms with E-state index < -0.39 is 5.91 Å². The molecule has 30 heavy (non-hydrogen) atoms. The summed E-state index contributed by atoms with van der Waals surface area (Å²) in [7, 11) is 0. The van der Waals surface area contributed by atoms with Crippen molar-refractivity contribution in [1.82, 2.24) is 4.98 Å². The number of amides is 1. The second-order valence-corrected chi connectivity index (χ2v) is 8.11. The molecular formula is C24H16ClN3OS. The second-order valence-electron chi connectivity index (χ2n) is 6.59. The van der Waals surface area contributed by atoms with E-state index in [-0.39, 0.29) is 5.57 Å². The Bertz CT molecular complexity index is 1300. The summed E-state index contributed by atoms with van der Waals surface area (Å²) in [5.41, 5.74) is 1.84. The van der Waals surface area contributed by atoms with Crippen molar-refractivity contribution < 1.29 is 4.79 Å². The van der Waals surface area contributed by atoms with Crippen molar-refractivity contribution in [2.45, 2.75) is 6.42 Å². The molecule has 4 aromatic rings. The van der Waals surface area contributed by atoms with Crippen LogP contribution in [0, 0.1) is 11.3 Å². The van der Waals surface area contributed by atoms with Crippen molar-refractivity contribution in [3.63, 3.8) is 0 Å². The topological polar surface area (TPSA) is 65.8 Å². The lowest BCUT2D eigenvalue weighted by atomic mass is 10.0. The van der Waals surface area contributed by atoms with E-state index in [1.165, 1.54) is 11.3 Å². The van der Waals surface area contributed by atoms with Gasteiger partial charge in [0.15, 0.2) is 5.13 Å². The van der Waals surface area contributed by atoms with Crippen molar-refractivity contribution in [1.29, 1.82) is 5.26 Å². The lowest BCUT2D eigenvalue weighted by Crippen LogP contribution is -2.13. The molecule has 0 saturated carbocycles. The van der Waals surface area contributed by atoms with Crippen LogP contribution in [-0.4, -0.2) is 10.9 Å². The summed E-state index contributed by atoms with van der Waals surface area (Å²) in [6.45, 7) is 0. The van der Waals surface area contributed by atoms with E-state index in [4.69, 9.17) is 11.6 Å². The van der Waals surface area contributed by atoms with E-state index >= 15 is 0 Å². The highest BCUT2D eigenvalue weighted by molar-refractivity contribution is 7.15. The number of rotatable bonds is 5. The normalized spacial score (nSPS) is 11.3. The molecular weight excluding hydrogens is 414 g/mol. The number of hydrogen-bond acceptors (Lipinski definition) is 4. The average molecular weight is 430 g/mol. The number of aromatic nitrogens is 1. The summed E-state index contributed by atoms with van der Waals surface area (Å²) in [4.78, 5) is 17.9. The lowest BCUT2D eigenvalue weighted by Gasteiger charge is -2.04. The number of thiazole rings is 1. The number of carbonyl (C=O) groups excluding carboxylic acids is 1. The minimum atomic E-state index is -0.482. The molecule has 3 aromatic carbocycles. The van der Waals surface area contributed by atoms with Crippen LogP contribution in [0.4, 0.5) is 5.13 Å². The number of carbonyl (C=O) groups is 1. The van der Waals surface area contributed by atoms with Gasteiger partial charge in [0.05, 0.1) is 0 Å². The van der Waals surface area contributed by atoms with Crippen LogP contribution >= 0.6 is 22.9 Å². The molecule has 0 radical (unpaired) electrons. The van der Waals surface area contributed by atoms with Gasteiger partial charge in [-0.2, -0.15) is 5.26 Å². The number of hydrogen-bond donors (Lipinski definition) is 1. The van der Waals surface area contributed by atoms with E-state index in [0.717, 1.165) is 26.8 Å². The smallest absolute Gasteiger partial charge is 0.268 e. The van der Waals surface area contributed by atoms with Crippen molar-refractivity contribution >= 4 is 50.8 Å². The predicted octanol–water partition coefficient (Wildman–Crippen LogP) is 6.09. The summed E-state index contributed by atoms with van der Waals surface area (Å²) < 4.78 is 0. The first-order valence-corrected chi connectivity index (χ1v) is 10.4. The summed E-state index contributed by atoms with van der Waals surface area (Å²) in [5.74, 6) is -0.482. The number of nitriles is 1. The van der Waals surface area contributed by atoms with Crippen molar-refractivity contribution in [2.75, 3.05) is 5.32 Å². The highest BCUT2D eigenvalue weighted by Crippen LogP contribution is 2.25. The van der Waals surface area contributed by atoms with E-state index in [1.54, 1.807) is 12.3 Å². The number of anilines is 1. The van der Waals surface area contributed by atoms with Gasteiger partial charge in [0.2, 0.25) is 0 Å². The summed E-state index contributed by atoms with van der Waals surface area (Å²) in [6, 6.07) is 23.3. The van der Waals surface area contributed by atoms with Crippen molar-refractivity contribution in [3.05, 3.63) is 99.5 Å². The summed E-state index contributed by atoms with van der Waals surface area (Å²) in [6.07, 6.45) is 3.95. The van der Waals surface area contributed by atoms with E-state index in [9.17, 15) is 10.1 Å². The Kier molecular flexibility index (Phi) is 5.89. The third kappa shape index (κ3) is 4.41. The van der Waals surface area contributed by atoms with Gasteiger partial charge in [-0.15, -0.1) is 11.3 Å². The van der Waals surface area contributed by atoms with Crippen LogP contribution in [0.5, 0.6) is 0 Å². The van der Waals surface area contributed by atoms with Gasteiger partial charge in [-0.25, -0.2) is 4.98 Å². The van der Waals surface area contributed by atoms with E-state index in [0.29, 0.717) is 16.6 Å². The lowest BCUT2D eigenvalue weighted by molar-refractivity contribution is -0.112. The molecule has 0 unspecified atom stereocenters. The Hall–Kier alpha value is -3.46. The molecule has 146 valence electrons. The molecule has 4 nitrogen and oxygen atoms in total. The molecule has 0 aliphatic carbocycles. The van der Waals surface area contributed by atoms with Crippen molar-refractivity contribution in [2.24, 2.45) is 0 Å². The van der Waals surface area contributed by atoms with Gasteiger partial charge in [-0.05, 0) is 34.0 Å². The van der Waals surface area contributed by atoms with Gasteiger partial charge in [-0.3, -0.25) is 10.1 Å². The zero-order valence-electron chi connectivity index (χ0n) is 15.8. The summed E-state index contributed by atoms with van der Waals surface area (Å²) in [5, 5.41) is 15.4. The Balaban J connectivity index is 1.53. The monoisotopic (exact) mass is 429 g/mol. The molecule has 0 aliphatic heterocycles. The zero-order chi connectivity index (χ0) is 20.9. The maximum atomic E-state index is 12.6. The maximum absolute atomic E-state index is 12.6. The fourth-order valence-electron chi connectivity index (χ4n) is 3.12. The number of fused-ring (bicyclic) bond motifs is 1. The zero-order valence-corrected chi connectivity index (χ0v) is 17.4. The molecule has 0 atom stereocenters. The predicted molar refractivity (Wildman–Crippen MR) is 123 cm³/mol. The molecule has 1 N–H and O–H groups in total. The number of nitrogens with one attached hydrogen (secondary N) is 1. The van der Waals surface area contributed by atoms with Gasteiger partial charge >= 0.3 is 0 Å². The van der Waals surface area contributed by atoms with Gasteiger partial charge < -0.3 is 0 Å². The molecule has 4 rings (SSSR count). The summed E-state index contributed by atoms with van der Waals surface area (Å²) >= 11 is 7.58. The third-order valence-corrected chi connectivity index (χ3v) is 5.87. The number of halogens is 1. The van der Waals surface area contributed by atoms with Gasteiger partial charge in [0.1, 0.15) is 11.6 Å².